The predicted molar refractivity (Wildman–Crippen MR) is 116 cm³/mol. The number of carbonyl (C=O) groups excluding carboxylic acids is 3. The molecular weight excluding hydrogens is 432 g/mol. The van der Waals surface area contributed by atoms with Crippen LogP contribution in [0.3, 0.4) is 0 Å². The van der Waals surface area contributed by atoms with E-state index in [9.17, 15) is 24.3 Å². The topological polar surface area (TPSA) is 208 Å². The summed E-state index contributed by atoms with van der Waals surface area (Å²) < 4.78 is 0. The molecule has 33 heavy (non-hydrogen) atoms. The smallest absolute Gasteiger partial charge is 0.280 e. The monoisotopic (exact) mass is 453 g/mol. The molecule has 0 aliphatic carbocycles. The molecule has 2 amide bonds. The number of aliphatic carboxylic acids is 1. The third-order valence-corrected chi connectivity index (χ3v) is 4.64. The van der Waals surface area contributed by atoms with Crippen LogP contribution in [0.4, 0.5) is 11.6 Å². The van der Waals surface area contributed by atoms with E-state index in [-0.39, 0.29) is 48.0 Å². The van der Waals surface area contributed by atoms with Gasteiger partial charge in [0.1, 0.15) is 0 Å². The normalized spacial score (nSPS) is 11.5. The summed E-state index contributed by atoms with van der Waals surface area (Å²) >= 11 is 0. The first-order valence-corrected chi connectivity index (χ1v) is 9.84. The molecule has 2 heterocycles. The van der Waals surface area contributed by atoms with E-state index in [0.717, 1.165) is 0 Å². The van der Waals surface area contributed by atoms with Crippen molar-refractivity contribution >= 4 is 40.6 Å². The van der Waals surface area contributed by atoms with Gasteiger partial charge in [-0.2, -0.15) is 4.98 Å². The fourth-order valence-electron chi connectivity index (χ4n) is 2.88. The van der Waals surface area contributed by atoms with Crippen molar-refractivity contribution in [1.82, 2.24) is 30.6 Å². The number of carboxylic acid groups (broad SMARTS) is 1. The molecule has 0 saturated carbocycles. The molecule has 0 spiro atoms. The first kappa shape index (κ1) is 23.1. The third-order valence-electron chi connectivity index (χ3n) is 4.64. The molecule has 0 bridgehead atoms. The number of nitrogens with two attached hydrogens (primary N) is 1. The number of H-pyrrole nitrogens is 1. The van der Waals surface area contributed by atoms with E-state index in [0.29, 0.717) is 11.4 Å². The summed E-state index contributed by atoms with van der Waals surface area (Å²) in [6.45, 7) is 0.241. The van der Waals surface area contributed by atoms with Crippen LogP contribution >= 0.6 is 0 Å². The molecule has 0 saturated heterocycles. The number of nitrogens with one attached hydrogen (secondary N) is 4. The standard InChI is InChI=1S/C20H22N8O5/c1-22-14(29)7-6-13(19(32)33)26-17(30)10-2-4-11(5-3-10)23-8-12-9-24-16-15(25-12)18(31)28-20(21)27-16/h2-5,9,13,23H,6-8H2,1H3,(H,22,29)(H,26,30)(H,32,33)(H3,21,24,27,28,31)/p-1/t13-/m0/s1. The number of rotatable bonds is 9. The fourth-order valence-corrected chi connectivity index (χ4v) is 2.88. The highest BCUT2D eigenvalue weighted by Gasteiger charge is 2.16. The maximum absolute atomic E-state index is 12.4. The van der Waals surface area contributed by atoms with Crippen LogP contribution in [-0.2, 0) is 16.1 Å². The molecule has 13 heteroatoms. The van der Waals surface area contributed by atoms with Gasteiger partial charge < -0.3 is 31.6 Å². The van der Waals surface area contributed by atoms with Gasteiger partial charge in [0.25, 0.3) is 11.5 Å². The zero-order chi connectivity index (χ0) is 24.0. The maximum Gasteiger partial charge on any atom is 0.280 e. The Hall–Kier alpha value is -4.55. The molecule has 1 aromatic carbocycles. The number of hydrogen-bond acceptors (Lipinski definition) is 10. The van der Waals surface area contributed by atoms with Gasteiger partial charge in [-0.05, 0) is 30.7 Å². The molecule has 13 nitrogen and oxygen atoms in total. The summed E-state index contributed by atoms with van der Waals surface area (Å²) in [6.07, 6.45) is 1.30. The number of nitrogens with zero attached hydrogens (tertiary/aromatic N) is 3. The van der Waals surface area contributed by atoms with Gasteiger partial charge in [-0.1, -0.05) is 0 Å². The Labute approximate surface area is 186 Å². The van der Waals surface area contributed by atoms with Crippen molar-refractivity contribution in [3.05, 3.63) is 52.1 Å². The molecule has 172 valence electrons. The molecule has 3 aromatic rings. The highest BCUT2D eigenvalue weighted by atomic mass is 16.4. The molecule has 1 atom stereocenters. The second-order valence-electron chi connectivity index (χ2n) is 6.97. The van der Waals surface area contributed by atoms with Gasteiger partial charge in [0, 0.05) is 24.7 Å². The molecule has 6 N–H and O–H groups in total. The third kappa shape index (κ3) is 6.00. The average molecular weight is 453 g/mol. The van der Waals surface area contributed by atoms with Crippen LogP contribution in [-0.4, -0.2) is 50.8 Å². The van der Waals surface area contributed by atoms with Gasteiger partial charge in [0.15, 0.2) is 11.2 Å². The van der Waals surface area contributed by atoms with E-state index >= 15 is 0 Å². The lowest BCUT2D eigenvalue weighted by Gasteiger charge is -2.19. The van der Waals surface area contributed by atoms with Gasteiger partial charge in [0.2, 0.25) is 11.9 Å². The Kier molecular flexibility index (Phi) is 7.13. The van der Waals surface area contributed by atoms with Crippen molar-refractivity contribution in [2.24, 2.45) is 0 Å². The van der Waals surface area contributed by atoms with E-state index in [1.807, 2.05) is 0 Å². The first-order valence-electron chi connectivity index (χ1n) is 9.84. The summed E-state index contributed by atoms with van der Waals surface area (Å²) in [5.41, 5.74) is 6.55. The highest BCUT2D eigenvalue weighted by molar-refractivity contribution is 5.96. The van der Waals surface area contributed by atoms with Crippen LogP contribution in [0.2, 0.25) is 0 Å². The number of amides is 2. The number of fused-ring (bicyclic) bond motifs is 1. The average Bonchev–Trinajstić information content (AvgIpc) is 2.80. The summed E-state index contributed by atoms with van der Waals surface area (Å²) in [6, 6.07) is 4.96. The van der Waals surface area contributed by atoms with Crippen molar-refractivity contribution in [3.8, 4) is 0 Å². The lowest BCUT2D eigenvalue weighted by Crippen LogP contribution is -2.48. The molecule has 0 unspecified atom stereocenters. The van der Waals surface area contributed by atoms with Gasteiger partial charge in [-0.15, -0.1) is 0 Å². The summed E-state index contributed by atoms with van der Waals surface area (Å²) in [5.74, 6) is -2.47. The van der Waals surface area contributed by atoms with Crippen LogP contribution in [0.1, 0.15) is 28.9 Å². The quantitative estimate of drug-likeness (QED) is 0.247. The Balaban J connectivity index is 1.61. The SMILES string of the molecule is CNC(=O)CC[C@H](NC(=O)c1ccc(NCc2cnc3nc(N)[nH]c(=O)c3n2)cc1)C(=O)[O-]. The number of hydrogen-bond donors (Lipinski definition) is 5. The number of carbonyl (C=O) groups is 3. The Morgan fingerprint density at radius 1 is 1.18 bits per heavy atom. The molecule has 0 aliphatic heterocycles. The van der Waals surface area contributed by atoms with E-state index in [1.165, 1.54) is 25.4 Å². The van der Waals surface area contributed by atoms with E-state index in [2.05, 4.69) is 35.9 Å². The van der Waals surface area contributed by atoms with Crippen molar-refractivity contribution in [3.63, 3.8) is 0 Å². The number of benzene rings is 1. The van der Waals surface area contributed by atoms with Crippen LogP contribution < -0.4 is 32.3 Å². The zero-order valence-electron chi connectivity index (χ0n) is 17.5. The Bertz CT molecular complexity index is 1240. The van der Waals surface area contributed by atoms with Crippen LogP contribution in [0.15, 0.2) is 35.3 Å². The van der Waals surface area contributed by atoms with Crippen molar-refractivity contribution in [1.29, 1.82) is 0 Å². The van der Waals surface area contributed by atoms with Gasteiger partial charge in [-0.3, -0.25) is 19.4 Å². The number of aromatic nitrogens is 4. The minimum atomic E-state index is -1.47. The predicted octanol–water partition coefficient (Wildman–Crippen LogP) is -1.72. The van der Waals surface area contributed by atoms with E-state index in [1.54, 1.807) is 12.1 Å². The minimum absolute atomic E-state index is 0.0470. The summed E-state index contributed by atoms with van der Waals surface area (Å²) in [5, 5.41) is 19.1. The zero-order valence-corrected chi connectivity index (χ0v) is 17.5. The lowest BCUT2D eigenvalue weighted by molar-refractivity contribution is -0.308. The largest absolute Gasteiger partial charge is 0.548 e. The van der Waals surface area contributed by atoms with Crippen LogP contribution in [0.25, 0.3) is 11.2 Å². The van der Waals surface area contributed by atoms with E-state index in [4.69, 9.17) is 5.73 Å². The second kappa shape index (κ2) is 10.2. The number of anilines is 2. The number of carboxylic acids is 1. The molecular formula is C20H21N8O5-. The van der Waals surface area contributed by atoms with Crippen molar-refractivity contribution in [2.45, 2.75) is 25.4 Å². The molecule has 2 aromatic heterocycles. The van der Waals surface area contributed by atoms with Gasteiger partial charge >= 0.3 is 0 Å². The highest BCUT2D eigenvalue weighted by Crippen LogP contribution is 2.12. The molecule has 0 fully saturated rings. The van der Waals surface area contributed by atoms with Crippen LogP contribution in [0, 0.1) is 0 Å². The molecule has 0 aliphatic rings. The van der Waals surface area contributed by atoms with Gasteiger partial charge in [-0.25, -0.2) is 9.97 Å². The molecule has 3 rings (SSSR count). The summed E-state index contributed by atoms with van der Waals surface area (Å²) in [7, 11) is 1.43. The van der Waals surface area contributed by atoms with Gasteiger partial charge in [0.05, 0.1) is 30.4 Å². The van der Waals surface area contributed by atoms with E-state index < -0.39 is 23.5 Å². The lowest BCUT2D eigenvalue weighted by atomic mass is 10.1. The van der Waals surface area contributed by atoms with Crippen molar-refractivity contribution < 1.29 is 19.5 Å². The van der Waals surface area contributed by atoms with Crippen molar-refractivity contribution in [2.75, 3.05) is 18.1 Å². The Morgan fingerprint density at radius 2 is 1.91 bits per heavy atom. The number of aromatic amines is 1. The fraction of sp³-hybridized carbons (Fsp3) is 0.250. The first-order chi connectivity index (χ1) is 15.8. The Morgan fingerprint density at radius 3 is 2.58 bits per heavy atom. The minimum Gasteiger partial charge on any atom is -0.548 e. The maximum atomic E-state index is 12.4. The second-order valence-corrected chi connectivity index (χ2v) is 6.97. The molecule has 0 radical (unpaired) electrons. The van der Waals surface area contributed by atoms with Crippen LogP contribution in [0.5, 0.6) is 0 Å². The summed E-state index contributed by atoms with van der Waals surface area (Å²) in [4.78, 5) is 61.4. The number of nitrogen functional groups attached to an aromatic ring is 1.